The molecule has 1 N–H and O–H groups in total. The number of anilines is 1. The number of aliphatic hydroxyl groups excluding tert-OH is 1. The number of likely N-dealkylation sites (tertiary alicyclic amines) is 1. The van der Waals surface area contributed by atoms with Crippen LogP contribution in [0.2, 0.25) is 0 Å². The van der Waals surface area contributed by atoms with Crippen LogP contribution in [0.4, 0.5) is 5.69 Å². The first kappa shape index (κ1) is 16.5. The standard InChI is InChI=1S/C19H29N3O/c1-16(2)14-20-9-8-18(19(23)15-20)22-12-10-21(11-13-22)17-6-4-3-5-7-17/h3-7,18-19,23H,1,8-15H2,2H3. The van der Waals surface area contributed by atoms with E-state index in [-0.39, 0.29) is 6.10 Å². The van der Waals surface area contributed by atoms with Crippen LogP contribution in [0.15, 0.2) is 42.5 Å². The number of para-hydroxylation sites is 1. The van der Waals surface area contributed by atoms with E-state index in [9.17, 15) is 5.11 Å². The summed E-state index contributed by atoms with van der Waals surface area (Å²) in [5, 5.41) is 10.6. The van der Waals surface area contributed by atoms with Gasteiger partial charge in [0.15, 0.2) is 0 Å². The Morgan fingerprint density at radius 2 is 1.83 bits per heavy atom. The molecule has 0 saturated carbocycles. The molecule has 4 nitrogen and oxygen atoms in total. The monoisotopic (exact) mass is 315 g/mol. The van der Waals surface area contributed by atoms with E-state index in [1.807, 2.05) is 0 Å². The number of rotatable bonds is 4. The molecule has 2 heterocycles. The molecule has 2 saturated heterocycles. The summed E-state index contributed by atoms with van der Waals surface area (Å²) >= 11 is 0. The van der Waals surface area contributed by atoms with Crippen LogP contribution in [0.3, 0.4) is 0 Å². The van der Waals surface area contributed by atoms with Crippen molar-refractivity contribution in [2.45, 2.75) is 25.5 Å². The number of hydrogen-bond donors (Lipinski definition) is 1. The maximum atomic E-state index is 10.6. The van der Waals surface area contributed by atoms with Crippen LogP contribution in [-0.2, 0) is 0 Å². The van der Waals surface area contributed by atoms with Crippen LogP contribution in [-0.4, -0.2) is 72.9 Å². The first-order chi connectivity index (χ1) is 11.1. The third-order valence-corrected chi connectivity index (χ3v) is 5.03. The highest BCUT2D eigenvalue weighted by molar-refractivity contribution is 5.46. The molecule has 0 bridgehead atoms. The Hall–Kier alpha value is -1.36. The number of β-amino-alcohol motifs (C(OH)–C–C–N with tert-alkyl or cyclic N) is 1. The highest BCUT2D eigenvalue weighted by Gasteiger charge is 2.33. The zero-order valence-corrected chi connectivity index (χ0v) is 14.2. The number of piperidine rings is 1. The summed E-state index contributed by atoms with van der Waals surface area (Å²) in [5.74, 6) is 0. The topological polar surface area (TPSA) is 30.0 Å². The summed E-state index contributed by atoms with van der Waals surface area (Å²) in [6, 6.07) is 10.9. The van der Waals surface area contributed by atoms with Gasteiger partial charge in [0.05, 0.1) is 6.10 Å². The molecule has 4 heteroatoms. The summed E-state index contributed by atoms with van der Waals surface area (Å²) in [6.07, 6.45) is 0.811. The fourth-order valence-corrected chi connectivity index (χ4v) is 3.89. The molecular formula is C19H29N3O. The minimum atomic E-state index is -0.244. The number of benzene rings is 1. The van der Waals surface area contributed by atoms with E-state index in [4.69, 9.17) is 0 Å². The Morgan fingerprint density at radius 3 is 2.43 bits per heavy atom. The fourth-order valence-electron chi connectivity index (χ4n) is 3.89. The fraction of sp³-hybridized carbons (Fsp3) is 0.579. The van der Waals surface area contributed by atoms with Crippen LogP contribution >= 0.6 is 0 Å². The van der Waals surface area contributed by atoms with E-state index in [0.717, 1.165) is 52.2 Å². The van der Waals surface area contributed by atoms with Gasteiger partial charge in [0.2, 0.25) is 0 Å². The number of hydrogen-bond acceptors (Lipinski definition) is 4. The van der Waals surface area contributed by atoms with Gasteiger partial charge in [-0.1, -0.05) is 30.4 Å². The Kier molecular flexibility index (Phi) is 5.36. The lowest BCUT2D eigenvalue weighted by molar-refractivity contribution is -0.0123. The summed E-state index contributed by atoms with van der Waals surface area (Å²) in [4.78, 5) is 7.25. The van der Waals surface area contributed by atoms with E-state index in [0.29, 0.717) is 6.04 Å². The van der Waals surface area contributed by atoms with Crippen molar-refractivity contribution >= 4 is 5.69 Å². The summed E-state index contributed by atoms with van der Waals surface area (Å²) < 4.78 is 0. The van der Waals surface area contributed by atoms with E-state index >= 15 is 0 Å². The molecule has 2 aliphatic rings. The van der Waals surface area contributed by atoms with Crippen molar-refractivity contribution < 1.29 is 5.11 Å². The van der Waals surface area contributed by atoms with Crippen molar-refractivity contribution in [3.8, 4) is 0 Å². The highest BCUT2D eigenvalue weighted by atomic mass is 16.3. The number of aliphatic hydroxyl groups is 1. The molecular weight excluding hydrogens is 286 g/mol. The Labute approximate surface area is 140 Å². The van der Waals surface area contributed by atoms with Gasteiger partial charge in [-0.2, -0.15) is 0 Å². The van der Waals surface area contributed by atoms with Crippen molar-refractivity contribution in [3.63, 3.8) is 0 Å². The molecule has 1 aromatic carbocycles. The van der Waals surface area contributed by atoms with Gasteiger partial charge in [-0.15, -0.1) is 0 Å². The molecule has 0 amide bonds. The van der Waals surface area contributed by atoms with Gasteiger partial charge in [0.1, 0.15) is 0 Å². The predicted octanol–water partition coefficient (Wildman–Crippen LogP) is 1.82. The third-order valence-electron chi connectivity index (χ3n) is 5.03. The Morgan fingerprint density at radius 1 is 1.13 bits per heavy atom. The van der Waals surface area contributed by atoms with E-state index < -0.39 is 0 Å². The first-order valence-corrected chi connectivity index (χ1v) is 8.72. The highest BCUT2D eigenvalue weighted by Crippen LogP contribution is 2.22. The quantitative estimate of drug-likeness (QED) is 0.859. The van der Waals surface area contributed by atoms with E-state index in [1.165, 1.54) is 11.3 Å². The zero-order valence-electron chi connectivity index (χ0n) is 14.2. The molecule has 3 rings (SSSR count). The SMILES string of the molecule is C=C(C)CN1CCC(N2CCN(c3ccccc3)CC2)C(O)C1. The second-order valence-electron chi connectivity index (χ2n) is 6.97. The molecule has 2 fully saturated rings. The largest absolute Gasteiger partial charge is 0.390 e. The smallest absolute Gasteiger partial charge is 0.0822 e. The van der Waals surface area contributed by atoms with E-state index in [2.05, 4.69) is 58.5 Å². The lowest BCUT2D eigenvalue weighted by atomic mass is 9.98. The zero-order chi connectivity index (χ0) is 16.2. The first-order valence-electron chi connectivity index (χ1n) is 8.72. The van der Waals surface area contributed by atoms with Crippen molar-refractivity contribution in [3.05, 3.63) is 42.5 Å². The van der Waals surface area contributed by atoms with Crippen LogP contribution in [0.5, 0.6) is 0 Å². The second kappa shape index (κ2) is 7.47. The van der Waals surface area contributed by atoms with Gasteiger partial charge in [0.25, 0.3) is 0 Å². The number of nitrogens with zero attached hydrogens (tertiary/aromatic N) is 3. The Bertz CT molecular complexity index is 511. The molecule has 0 spiro atoms. The van der Waals surface area contributed by atoms with Gasteiger partial charge in [0, 0.05) is 57.5 Å². The van der Waals surface area contributed by atoms with Crippen LogP contribution in [0, 0.1) is 0 Å². The van der Waals surface area contributed by atoms with Gasteiger partial charge in [-0.3, -0.25) is 9.80 Å². The van der Waals surface area contributed by atoms with Crippen molar-refractivity contribution in [1.29, 1.82) is 0 Å². The molecule has 2 aliphatic heterocycles. The van der Waals surface area contributed by atoms with Crippen molar-refractivity contribution in [2.24, 2.45) is 0 Å². The Balaban J connectivity index is 1.51. The lowest BCUT2D eigenvalue weighted by Gasteiger charge is -2.45. The molecule has 126 valence electrons. The van der Waals surface area contributed by atoms with Gasteiger partial charge in [-0.05, 0) is 25.5 Å². The van der Waals surface area contributed by atoms with Crippen molar-refractivity contribution in [2.75, 3.05) is 50.7 Å². The summed E-state index contributed by atoms with van der Waals surface area (Å²) in [6.45, 7) is 12.9. The maximum Gasteiger partial charge on any atom is 0.0822 e. The molecule has 2 atom stereocenters. The molecule has 23 heavy (non-hydrogen) atoms. The van der Waals surface area contributed by atoms with Gasteiger partial charge >= 0.3 is 0 Å². The maximum absolute atomic E-state index is 10.6. The van der Waals surface area contributed by atoms with Gasteiger partial charge < -0.3 is 10.0 Å². The second-order valence-corrected chi connectivity index (χ2v) is 6.97. The molecule has 0 aliphatic carbocycles. The predicted molar refractivity (Wildman–Crippen MR) is 95.9 cm³/mol. The van der Waals surface area contributed by atoms with Gasteiger partial charge in [-0.25, -0.2) is 0 Å². The molecule has 0 radical (unpaired) electrons. The average Bonchev–Trinajstić information content (AvgIpc) is 2.55. The average molecular weight is 315 g/mol. The molecule has 0 aromatic heterocycles. The summed E-state index contributed by atoms with van der Waals surface area (Å²) in [7, 11) is 0. The minimum Gasteiger partial charge on any atom is -0.390 e. The molecule has 2 unspecified atom stereocenters. The summed E-state index contributed by atoms with van der Waals surface area (Å²) in [5.41, 5.74) is 2.48. The lowest BCUT2D eigenvalue weighted by Crippen LogP contribution is -2.59. The minimum absolute atomic E-state index is 0.244. The number of piperazine rings is 1. The van der Waals surface area contributed by atoms with Crippen molar-refractivity contribution in [1.82, 2.24) is 9.80 Å². The molecule has 1 aromatic rings. The van der Waals surface area contributed by atoms with Crippen LogP contribution in [0.1, 0.15) is 13.3 Å². The normalized spacial score (nSPS) is 27.1. The van der Waals surface area contributed by atoms with E-state index in [1.54, 1.807) is 0 Å². The van der Waals surface area contributed by atoms with Crippen LogP contribution in [0.25, 0.3) is 0 Å². The third kappa shape index (κ3) is 4.14. The van der Waals surface area contributed by atoms with Crippen LogP contribution < -0.4 is 4.90 Å².